The van der Waals surface area contributed by atoms with Crippen LogP contribution in [0.3, 0.4) is 0 Å². The number of rotatable bonds is 3. The van der Waals surface area contributed by atoms with Gasteiger partial charge in [-0.3, -0.25) is 4.79 Å². The molecule has 1 aromatic heterocycles. The van der Waals surface area contributed by atoms with E-state index in [0.717, 1.165) is 18.4 Å². The second kappa shape index (κ2) is 6.96. The van der Waals surface area contributed by atoms with Gasteiger partial charge in [-0.15, -0.1) is 0 Å². The number of halogens is 1. The zero-order chi connectivity index (χ0) is 16.2. The van der Waals surface area contributed by atoms with Crippen LogP contribution in [-0.2, 0) is 0 Å². The quantitative estimate of drug-likeness (QED) is 0.867. The summed E-state index contributed by atoms with van der Waals surface area (Å²) in [6.07, 6.45) is 5.05. The molecule has 1 aliphatic heterocycles. The molecule has 1 fully saturated rings. The lowest BCUT2D eigenvalue weighted by Crippen LogP contribution is -2.41. The van der Waals surface area contributed by atoms with E-state index in [2.05, 4.69) is 9.97 Å². The number of benzene rings is 1. The van der Waals surface area contributed by atoms with Gasteiger partial charge in [0.15, 0.2) is 0 Å². The van der Waals surface area contributed by atoms with Crippen LogP contribution in [0.1, 0.15) is 28.8 Å². The van der Waals surface area contributed by atoms with Crippen molar-refractivity contribution in [2.75, 3.05) is 13.1 Å². The molecule has 1 aromatic carbocycles. The average Bonchev–Trinajstić information content (AvgIpc) is 2.57. The molecule has 0 atom stereocenters. The number of likely N-dealkylation sites (tertiary alicyclic amines) is 1. The Morgan fingerprint density at radius 3 is 2.61 bits per heavy atom. The lowest BCUT2D eigenvalue weighted by atomic mass is 10.1. The highest BCUT2D eigenvalue weighted by Crippen LogP contribution is 2.19. The largest absolute Gasteiger partial charge is 0.460 e. The molecule has 120 valence electrons. The fourth-order valence-corrected chi connectivity index (χ4v) is 2.76. The van der Waals surface area contributed by atoms with Crippen molar-refractivity contribution in [3.63, 3.8) is 0 Å². The van der Waals surface area contributed by atoms with Crippen LogP contribution in [0.15, 0.2) is 36.7 Å². The predicted octanol–water partition coefficient (Wildman–Crippen LogP) is 3.12. The van der Waals surface area contributed by atoms with E-state index in [0.29, 0.717) is 29.7 Å². The van der Waals surface area contributed by atoms with E-state index in [1.165, 1.54) is 0 Å². The first-order valence-corrected chi connectivity index (χ1v) is 8.00. The molecule has 3 rings (SSSR count). The molecule has 0 N–H and O–H groups in total. The number of piperidine rings is 1. The smallest absolute Gasteiger partial charge is 0.316 e. The highest BCUT2D eigenvalue weighted by molar-refractivity contribution is 6.30. The summed E-state index contributed by atoms with van der Waals surface area (Å²) in [6, 6.07) is 7.44. The minimum Gasteiger partial charge on any atom is -0.460 e. The number of nitrogens with zero attached hydrogens (tertiary/aromatic N) is 3. The fraction of sp³-hybridized carbons (Fsp3) is 0.353. The van der Waals surface area contributed by atoms with Gasteiger partial charge in [-0.25, -0.2) is 9.97 Å². The second-order valence-electron chi connectivity index (χ2n) is 5.66. The minimum absolute atomic E-state index is 0.0116. The Bertz CT molecular complexity index is 682. The SMILES string of the molecule is Cc1cnc(OC2CCN(C(=O)c3cccc(Cl)c3)CC2)nc1. The Hall–Kier alpha value is -2.14. The molecule has 2 heterocycles. The summed E-state index contributed by atoms with van der Waals surface area (Å²) in [6.45, 7) is 3.24. The molecule has 1 saturated heterocycles. The Morgan fingerprint density at radius 1 is 1.26 bits per heavy atom. The zero-order valence-electron chi connectivity index (χ0n) is 12.9. The number of carbonyl (C=O) groups excluding carboxylic acids is 1. The van der Waals surface area contributed by atoms with Crippen molar-refractivity contribution >= 4 is 17.5 Å². The van der Waals surface area contributed by atoms with Crippen LogP contribution < -0.4 is 4.74 Å². The monoisotopic (exact) mass is 331 g/mol. The predicted molar refractivity (Wildman–Crippen MR) is 87.8 cm³/mol. The summed E-state index contributed by atoms with van der Waals surface area (Å²) in [5.41, 5.74) is 1.62. The molecule has 23 heavy (non-hydrogen) atoms. The molecule has 0 spiro atoms. The third kappa shape index (κ3) is 3.99. The standard InChI is InChI=1S/C17H18ClN3O2/c1-12-10-19-17(20-11-12)23-15-5-7-21(8-6-15)16(22)13-3-2-4-14(18)9-13/h2-4,9-11,15H,5-8H2,1H3. The number of hydrogen-bond donors (Lipinski definition) is 0. The van der Waals surface area contributed by atoms with E-state index in [-0.39, 0.29) is 12.0 Å². The van der Waals surface area contributed by atoms with Gasteiger partial charge < -0.3 is 9.64 Å². The van der Waals surface area contributed by atoms with Crippen molar-refractivity contribution in [3.05, 3.63) is 52.8 Å². The molecule has 6 heteroatoms. The first-order valence-electron chi connectivity index (χ1n) is 7.62. The Balaban J connectivity index is 1.55. The highest BCUT2D eigenvalue weighted by atomic mass is 35.5. The van der Waals surface area contributed by atoms with Gasteiger partial charge in [0.2, 0.25) is 0 Å². The number of amides is 1. The maximum absolute atomic E-state index is 12.5. The van der Waals surface area contributed by atoms with Crippen molar-refractivity contribution in [2.45, 2.75) is 25.9 Å². The lowest BCUT2D eigenvalue weighted by molar-refractivity contribution is 0.0578. The van der Waals surface area contributed by atoms with Crippen LogP contribution >= 0.6 is 11.6 Å². The molecule has 1 aliphatic rings. The number of hydrogen-bond acceptors (Lipinski definition) is 4. The topological polar surface area (TPSA) is 55.3 Å². The van der Waals surface area contributed by atoms with Crippen LogP contribution in [0.5, 0.6) is 6.01 Å². The van der Waals surface area contributed by atoms with Gasteiger partial charge >= 0.3 is 6.01 Å². The number of ether oxygens (including phenoxy) is 1. The van der Waals surface area contributed by atoms with Crippen molar-refractivity contribution < 1.29 is 9.53 Å². The average molecular weight is 332 g/mol. The summed E-state index contributed by atoms with van der Waals surface area (Å²) in [5.74, 6) is 0.0116. The lowest BCUT2D eigenvalue weighted by Gasteiger charge is -2.31. The zero-order valence-corrected chi connectivity index (χ0v) is 13.7. The molecule has 5 nitrogen and oxygen atoms in total. The molecule has 1 amide bonds. The molecule has 0 unspecified atom stereocenters. The van der Waals surface area contributed by atoms with E-state index in [1.54, 1.807) is 36.7 Å². The summed E-state index contributed by atoms with van der Waals surface area (Å²) in [7, 11) is 0. The number of aromatic nitrogens is 2. The summed E-state index contributed by atoms with van der Waals surface area (Å²) < 4.78 is 5.78. The molecular formula is C17H18ClN3O2. The van der Waals surface area contributed by atoms with Crippen molar-refractivity contribution in [1.82, 2.24) is 14.9 Å². The number of carbonyl (C=O) groups is 1. The van der Waals surface area contributed by atoms with Gasteiger partial charge in [0.1, 0.15) is 6.10 Å². The Morgan fingerprint density at radius 2 is 1.96 bits per heavy atom. The minimum atomic E-state index is 0.0116. The molecular weight excluding hydrogens is 314 g/mol. The maximum Gasteiger partial charge on any atom is 0.316 e. The third-order valence-electron chi connectivity index (χ3n) is 3.83. The van der Waals surface area contributed by atoms with Crippen LogP contribution in [0, 0.1) is 6.92 Å². The molecule has 0 radical (unpaired) electrons. The van der Waals surface area contributed by atoms with E-state index in [1.807, 2.05) is 11.8 Å². The van der Waals surface area contributed by atoms with E-state index >= 15 is 0 Å². The Labute approximate surface area is 140 Å². The molecule has 0 bridgehead atoms. The van der Waals surface area contributed by atoms with Gasteiger partial charge in [0, 0.05) is 48.9 Å². The van der Waals surface area contributed by atoms with Crippen LogP contribution in [-0.4, -0.2) is 40.0 Å². The number of aryl methyl sites for hydroxylation is 1. The van der Waals surface area contributed by atoms with Crippen molar-refractivity contribution in [2.24, 2.45) is 0 Å². The second-order valence-corrected chi connectivity index (χ2v) is 6.10. The van der Waals surface area contributed by atoms with Crippen LogP contribution in [0.4, 0.5) is 0 Å². The highest BCUT2D eigenvalue weighted by Gasteiger charge is 2.25. The van der Waals surface area contributed by atoms with Gasteiger partial charge in [-0.1, -0.05) is 17.7 Å². The first kappa shape index (κ1) is 15.7. The van der Waals surface area contributed by atoms with Gasteiger partial charge in [0.05, 0.1) is 0 Å². The summed E-state index contributed by atoms with van der Waals surface area (Å²) >= 11 is 5.95. The summed E-state index contributed by atoms with van der Waals surface area (Å²) in [5, 5.41) is 0.575. The fourth-order valence-electron chi connectivity index (χ4n) is 2.57. The molecule has 2 aromatic rings. The first-order chi connectivity index (χ1) is 11.1. The summed E-state index contributed by atoms with van der Waals surface area (Å²) in [4.78, 5) is 22.6. The van der Waals surface area contributed by atoms with Crippen LogP contribution in [0.25, 0.3) is 0 Å². The van der Waals surface area contributed by atoms with E-state index < -0.39 is 0 Å². The maximum atomic E-state index is 12.5. The van der Waals surface area contributed by atoms with E-state index in [9.17, 15) is 4.79 Å². The Kier molecular flexibility index (Phi) is 4.76. The van der Waals surface area contributed by atoms with Crippen molar-refractivity contribution in [3.8, 4) is 6.01 Å². The van der Waals surface area contributed by atoms with Crippen molar-refractivity contribution in [1.29, 1.82) is 0 Å². The molecule has 0 aliphatic carbocycles. The normalized spacial score (nSPS) is 15.5. The van der Waals surface area contributed by atoms with Gasteiger partial charge in [0.25, 0.3) is 5.91 Å². The third-order valence-corrected chi connectivity index (χ3v) is 4.07. The van der Waals surface area contributed by atoms with Crippen LogP contribution in [0.2, 0.25) is 5.02 Å². The van der Waals surface area contributed by atoms with Gasteiger partial charge in [-0.05, 0) is 30.7 Å². The van der Waals surface area contributed by atoms with Gasteiger partial charge in [-0.2, -0.15) is 0 Å². The molecule has 0 saturated carbocycles. The van der Waals surface area contributed by atoms with E-state index in [4.69, 9.17) is 16.3 Å².